The molecule has 0 saturated heterocycles. The van der Waals surface area contributed by atoms with Crippen molar-refractivity contribution in [3.8, 4) is 0 Å². The minimum absolute atomic E-state index is 0.454. The summed E-state index contributed by atoms with van der Waals surface area (Å²) in [5, 5.41) is 0. The molecule has 0 aliphatic carbocycles. The summed E-state index contributed by atoms with van der Waals surface area (Å²) in [4.78, 5) is 6.61. The third-order valence-electron chi connectivity index (χ3n) is 3.87. The van der Waals surface area contributed by atoms with Gasteiger partial charge in [-0.25, -0.2) is 4.98 Å². The minimum atomic E-state index is 0.454. The lowest BCUT2D eigenvalue weighted by Crippen LogP contribution is -2.36. The summed E-state index contributed by atoms with van der Waals surface area (Å²) in [6.45, 7) is 5.32. The van der Waals surface area contributed by atoms with Crippen molar-refractivity contribution in [2.75, 3.05) is 14.1 Å². The molecule has 102 valence electrons. The zero-order chi connectivity index (χ0) is 13.8. The Hall–Kier alpha value is -1.61. The maximum atomic E-state index is 4.31. The van der Waals surface area contributed by atoms with Crippen LogP contribution in [-0.2, 0) is 6.54 Å². The van der Waals surface area contributed by atoms with Gasteiger partial charge in [-0.2, -0.15) is 0 Å². The predicted molar refractivity (Wildman–Crippen MR) is 79.3 cm³/mol. The number of likely N-dealkylation sites (N-methyl/N-ethyl adjacent to an activating group) is 1. The number of aromatic nitrogens is 2. The molecule has 2 unspecified atom stereocenters. The Morgan fingerprint density at radius 2 is 1.89 bits per heavy atom. The van der Waals surface area contributed by atoms with Gasteiger partial charge in [-0.1, -0.05) is 37.3 Å². The van der Waals surface area contributed by atoms with Crippen molar-refractivity contribution < 1.29 is 0 Å². The van der Waals surface area contributed by atoms with Gasteiger partial charge in [0.25, 0.3) is 0 Å². The van der Waals surface area contributed by atoms with Gasteiger partial charge >= 0.3 is 0 Å². The molecule has 0 aliphatic rings. The van der Waals surface area contributed by atoms with Crippen molar-refractivity contribution in [2.45, 2.75) is 32.4 Å². The molecule has 3 heteroatoms. The van der Waals surface area contributed by atoms with Crippen molar-refractivity contribution in [1.29, 1.82) is 0 Å². The van der Waals surface area contributed by atoms with Crippen LogP contribution in [-0.4, -0.2) is 34.6 Å². The number of aryl methyl sites for hydroxylation is 1. The van der Waals surface area contributed by atoms with Gasteiger partial charge in [-0.3, -0.25) is 0 Å². The fourth-order valence-corrected chi connectivity index (χ4v) is 2.55. The SMILES string of the molecule is Cc1nccn1CC(C(C)c1ccccc1)N(C)C. The second-order valence-corrected chi connectivity index (χ2v) is 5.36. The van der Waals surface area contributed by atoms with E-state index in [-0.39, 0.29) is 0 Å². The van der Waals surface area contributed by atoms with Crippen molar-refractivity contribution in [3.63, 3.8) is 0 Å². The summed E-state index contributed by atoms with van der Waals surface area (Å²) in [5.41, 5.74) is 1.39. The van der Waals surface area contributed by atoms with Crippen LogP contribution >= 0.6 is 0 Å². The number of hydrogen-bond donors (Lipinski definition) is 0. The maximum Gasteiger partial charge on any atom is 0.105 e. The molecule has 0 fully saturated rings. The number of rotatable bonds is 5. The molecule has 1 aromatic heterocycles. The van der Waals surface area contributed by atoms with E-state index in [1.165, 1.54) is 5.56 Å². The zero-order valence-corrected chi connectivity index (χ0v) is 12.2. The highest BCUT2D eigenvalue weighted by Crippen LogP contribution is 2.23. The fourth-order valence-electron chi connectivity index (χ4n) is 2.55. The number of nitrogens with zero attached hydrogens (tertiary/aromatic N) is 3. The molecule has 2 atom stereocenters. The first-order valence-corrected chi connectivity index (χ1v) is 6.78. The van der Waals surface area contributed by atoms with Crippen LogP contribution in [0.25, 0.3) is 0 Å². The summed E-state index contributed by atoms with van der Waals surface area (Å²) < 4.78 is 2.23. The summed E-state index contributed by atoms with van der Waals surface area (Å²) in [6, 6.07) is 11.2. The first kappa shape index (κ1) is 13.8. The Bertz CT molecular complexity index is 502. The molecular weight excluding hydrogens is 234 g/mol. The van der Waals surface area contributed by atoms with Gasteiger partial charge in [-0.05, 0) is 32.5 Å². The van der Waals surface area contributed by atoms with Gasteiger partial charge in [0.1, 0.15) is 5.82 Å². The van der Waals surface area contributed by atoms with Crippen molar-refractivity contribution in [2.24, 2.45) is 0 Å². The van der Waals surface area contributed by atoms with Crippen LogP contribution in [0.2, 0.25) is 0 Å². The fraction of sp³-hybridized carbons (Fsp3) is 0.438. The molecule has 0 spiro atoms. The highest BCUT2D eigenvalue weighted by atomic mass is 15.2. The van der Waals surface area contributed by atoms with Crippen LogP contribution in [0, 0.1) is 6.92 Å². The molecule has 0 amide bonds. The van der Waals surface area contributed by atoms with E-state index in [2.05, 4.69) is 78.9 Å². The van der Waals surface area contributed by atoms with Crippen molar-refractivity contribution >= 4 is 0 Å². The highest BCUT2D eigenvalue weighted by Gasteiger charge is 2.21. The largest absolute Gasteiger partial charge is 0.334 e. The van der Waals surface area contributed by atoms with Crippen molar-refractivity contribution in [3.05, 3.63) is 54.1 Å². The second kappa shape index (κ2) is 6.02. The van der Waals surface area contributed by atoms with Crippen LogP contribution in [0.1, 0.15) is 24.2 Å². The third-order valence-corrected chi connectivity index (χ3v) is 3.87. The molecule has 0 N–H and O–H groups in total. The lowest BCUT2D eigenvalue weighted by Gasteiger charge is -2.31. The molecule has 0 bridgehead atoms. The van der Waals surface area contributed by atoms with Gasteiger partial charge in [0, 0.05) is 25.0 Å². The van der Waals surface area contributed by atoms with E-state index in [1.807, 2.05) is 6.20 Å². The van der Waals surface area contributed by atoms with E-state index in [0.717, 1.165) is 12.4 Å². The van der Waals surface area contributed by atoms with E-state index in [0.29, 0.717) is 12.0 Å². The molecule has 0 aliphatic heterocycles. The standard InChI is InChI=1S/C16H23N3/c1-13(15-8-6-5-7-9-15)16(18(3)4)12-19-11-10-17-14(19)2/h5-11,13,16H,12H2,1-4H3. The van der Waals surface area contributed by atoms with E-state index in [9.17, 15) is 0 Å². The average Bonchev–Trinajstić information content (AvgIpc) is 2.81. The molecule has 19 heavy (non-hydrogen) atoms. The quantitative estimate of drug-likeness (QED) is 0.821. The van der Waals surface area contributed by atoms with Crippen molar-refractivity contribution in [1.82, 2.24) is 14.5 Å². The van der Waals surface area contributed by atoms with Gasteiger partial charge in [0.05, 0.1) is 0 Å². The van der Waals surface area contributed by atoms with Crippen LogP contribution in [0.4, 0.5) is 0 Å². The molecular formula is C16H23N3. The first-order chi connectivity index (χ1) is 9.09. The van der Waals surface area contributed by atoms with E-state index in [4.69, 9.17) is 0 Å². The van der Waals surface area contributed by atoms with Gasteiger partial charge in [-0.15, -0.1) is 0 Å². The van der Waals surface area contributed by atoms with Crippen LogP contribution in [0.15, 0.2) is 42.7 Å². The second-order valence-electron chi connectivity index (χ2n) is 5.36. The topological polar surface area (TPSA) is 21.1 Å². The molecule has 1 aromatic carbocycles. The summed E-state index contributed by atoms with van der Waals surface area (Å²) in [6.07, 6.45) is 3.93. The van der Waals surface area contributed by atoms with Gasteiger partial charge in [0.2, 0.25) is 0 Å². The Morgan fingerprint density at radius 1 is 1.21 bits per heavy atom. The molecule has 1 heterocycles. The normalized spacial score (nSPS) is 14.6. The van der Waals surface area contributed by atoms with Gasteiger partial charge in [0.15, 0.2) is 0 Å². The Kier molecular flexibility index (Phi) is 4.38. The number of benzene rings is 1. The van der Waals surface area contributed by atoms with Gasteiger partial charge < -0.3 is 9.47 Å². The van der Waals surface area contributed by atoms with E-state index in [1.54, 1.807) is 0 Å². The maximum absolute atomic E-state index is 4.31. The Labute approximate surface area is 115 Å². The lowest BCUT2D eigenvalue weighted by atomic mass is 9.92. The molecule has 3 nitrogen and oxygen atoms in total. The first-order valence-electron chi connectivity index (χ1n) is 6.78. The Balaban J connectivity index is 2.19. The smallest absolute Gasteiger partial charge is 0.105 e. The number of hydrogen-bond acceptors (Lipinski definition) is 2. The minimum Gasteiger partial charge on any atom is -0.334 e. The molecule has 0 saturated carbocycles. The third kappa shape index (κ3) is 3.24. The van der Waals surface area contributed by atoms with Crippen LogP contribution in [0.5, 0.6) is 0 Å². The van der Waals surface area contributed by atoms with Crippen LogP contribution < -0.4 is 0 Å². The molecule has 2 aromatic rings. The monoisotopic (exact) mass is 257 g/mol. The summed E-state index contributed by atoms with van der Waals surface area (Å²) in [7, 11) is 4.30. The molecule has 0 radical (unpaired) electrons. The summed E-state index contributed by atoms with van der Waals surface area (Å²) in [5.74, 6) is 1.56. The van der Waals surface area contributed by atoms with E-state index >= 15 is 0 Å². The predicted octanol–water partition coefficient (Wildman–Crippen LogP) is 2.93. The summed E-state index contributed by atoms with van der Waals surface area (Å²) >= 11 is 0. The number of imidazole rings is 1. The average molecular weight is 257 g/mol. The van der Waals surface area contributed by atoms with Crippen LogP contribution in [0.3, 0.4) is 0 Å². The zero-order valence-electron chi connectivity index (χ0n) is 12.2. The Morgan fingerprint density at radius 3 is 2.42 bits per heavy atom. The van der Waals surface area contributed by atoms with E-state index < -0.39 is 0 Å². The lowest BCUT2D eigenvalue weighted by molar-refractivity contribution is 0.232. The highest BCUT2D eigenvalue weighted by molar-refractivity contribution is 5.20. The molecule has 2 rings (SSSR count).